The summed E-state index contributed by atoms with van der Waals surface area (Å²) in [7, 11) is 2.90. The molecule has 0 saturated carbocycles. The van der Waals surface area contributed by atoms with Gasteiger partial charge in [-0.15, -0.1) is 0 Å². The van der Waals surface area contributed by atoms with Crippen molar-refractivity contribution in [3.05, 3.63) is 57.6 Å². The minimum Gasteiger partial charge on any atom is -0.493 e. The number of ether oxygens (including phenoxy) is 2. The van der Waals surface area contributed by atoms with E-state index >= 15 is 0 Å². The van der Waals surface area contributed by atoms with Crippen LogP contribution in [-0.4, -0.2) is 59.8 Å². The summed E-state index contributed by atoms with van der Waals surface area (Å²) in [6, 6.07) is 5.97. The quantitative estimate of drug-likeness (QED) is 0.258. The van der Waals surface area contributed by atoms with Gasteiger partial charge in [-0.3, -0.25) is 14.9 Å². The van der Waals surface area contributed by atoms with Crippen LogP contribution in [0.15, 0.2) is 36.4 Å². The van der Waals surface area contributed by atoms with Gasteiger partial charge in [0.2, 0.25) is 6.04 Å². The highest BCUT2D eigenvalue weighted by molar-refractivity contribution is 6.04. The van der Waals surface area contributed by atoms with E-state index in [1.54, 1.807) is 18.2 Å². The second-order valence-electron chi connectivity index (χ2n) is 6.54. The minimum absolute atomic E-state index is 0.148. The second kappa shape index (κ2) is 10.1. The van der Waals surface area contributed by atoms with Crippen molar-refractivity contribution in [2.75, 3.05) is 25.7 Å². The molecule has 0 aliphatic heterocycles. The lowest BCUT2D eigenvalue weighted by atomic mass is 10.1. The van der Waals surface area contributed by atoms with Crippen LogP contribution in [0.4, 0.5) is 11.4 Å². The van der Waals surface area contributed by atoms with Crippen molar-refractivity contribution in [3.63, 3.8) is 0 Å². The number of aliphatic carboxylic acids is 1. The lowest BCUT2D eigenvalue weighted by molar-refractivity contribution is -0.384. The van der Waals surface area contributed by atoms with E-state index in [0.717, 1.165) is 23.1 Å². The number of nitrogens with zero attached hydrogens (tertiary/aromatic N) is 2. The SMILES string of the molecule is COc1ccc(CCN(c2ccc(C(=O)O)cc2[N+](=O)[O-])C(C(N)=O)C(=O)O)cc1OC. The molecular formula is C20H21N3O9. The van der Waals surface area contributed by atoms with E-state index in [0.29, 0.717) is 17.1 Å². The number of carbonyl (C=O) groups is 3. The van der Waals surface area contributed by atoms with Gasteiger partial charge in [-0.25, -0.2) is 9.59 Å². The third-order valence-electron chi connectivity index (χ3n) is 4.63. The molecule has 2 aromatic rings. The zero-order valence-electron chi connectivity index (χ0n) is 17.2. The molecule has 0 bridgehead atoms. The molecule has 32 heavy (non-hydrogen) atoms. The van der Waals surface area contributed by atoms with E-state index in [-0.39, 0.29) is 24.2 Å². The number of rotatable bonds is 11. The molecule has 12 heteroatoms. The van der Waals surface area contributed by atoms with Crippen molar-refractivity contribution < 1.29 is 39.0 Å². The minimum atomic E-state index is -1.93. The molecule has 2 rings (SSSR count). The fraction of sp³-hybridized carbons (Fsp3) is 0.250. The fourth-order valence-electron chi connectivity index (χ4n) is 3.13. The van der Waals surface area contributed by atoms with Gasteiger partial charge in [0.1, 0.15) is 5.69 Å². The standard InChI is InChI=1S/C20H21N3O9/c1-31-15-6-3-11(9-16(15)32-2)7-8-22(17(18(21)24)20(27)28)13-5-4-12(19(25)26)10-14(13)23(29)30/h3-6,9-10,17H,7-8H2,1-2H3,(H2,21,24)(H,25,26)(H,27,28). The van der Waals surface area contributed by atoms with Crippen molar-refractivity contribution in [2.45, 2.75) is 12.5 Å². The number of methoxy groups -OCH3 is 2. The number of benzene rings is 2. The van der Waals surface area contributed by atoms with Crippen LogP contribution in [0.2, 0.25) is 0 Å². The van der Waals surface area contributed by atoms with Gasteiger partial charge in [0.25, 0.3) is 11.6 Å². The first-order valence-electron chi connectivity index (χ1n) is 9.12. The molecule has 0 radical (unpaired) electrons. The molecule has 4 N–H and O–H groups in total. The van der Waals surface area contributed by atoms with Gasteiger partial charge in [-0.1, -0.05) is 6.07 Å². The summed E-state index contributed by atoms with van der Waals surface area (Å²) < 4.78 is 10.4. The number of hydrogen-bond donors (Lipinski definition) is 3. The second-order valence-corrected chi connectivity index (χ2v) is 6.54. The molecule has 12 nitrogen and oxygen atoms in total. The summed E-state index contributed by atoms with van der Waals surface area (Å²) in [5.41, 5.74) is 4.63. The molecule has 0 aliphatic rings. The summed E-state index contributed by atoms with van der Waals surface area (Å²) in [6.07, 6.45) is 0.148. The van der Waals surface area contributed by atoms with Crippen molar-refractivity contribution in [2.24, 2.45) is 5.73 Å². The third kappa shape index (κ3) is 5.22. The number of nitrogens with two attached hydrogens (primary N) is 1. The summed E-state index contributed by atoms with van der Waals surface area (Å²) in [5, 5.41) is 30.3. The van der Waals surface area contributed by atoms with Crippen LogP contribution >= 0.6 is 0 Å². The largest absolute Gasteiger partial charge is 0.493 e. The Morgan fingerprint density at radius 1 is 1.09 bits per heavy atom. The van der Waals surface area contributed by atoms with E-state index < -0.39 is 34.5 Å². The molecule has 1 unspecified atom stereocenters. The number of nitro groups is 1. The fourth-order valence-corrected chi connectivity index (χ4v) is 3.13. The normalized spacial score (nSPS) is 11.3. The van der Waals surface area contributed by atoms with Crippen molar-refractivity contribution in [3.8, 4) is 11.5 Å². The average molecular weight is 447 g/mol. The van der Waals surface area contributed by atoms with Crippen LogP contribution in [0, 0.1) is 10.1 Å². The number of primary amides is 1. The lowest BCUT2D eigenvalue weighted by Gasteiger charge is -2.29. The molecule has 0 heterocycles. The Morgan fingerprint density at radius 2 is 1.75 bits per heavy atom. The number of carboxylic acid groups (broad SMARTS) is 2. The van der Waals surface area contributed by atoms with Crippen LogP contribution in [0.5, 0.6) is 11.5 Å². The topological polar surface area (TPSA) is 183 Å². The van der Waals surface area contributed by atoms with E-state index in [1.807, 2.05) is 0 Å². The first-order valence-corrected chi connectivity index (χ1v) is 9.12. The Morgan fingerprint density at radius 3 is 2.25 bits per heavy atom. The van der Waals surface area contributed by atoms with Crippen molar-refractivity contribution in [1.29, 1.82) is 0 Å². The highest BCUT2D eigenvalue weighted by Crippen LogP contribution is 2.32. The molecule has 170 valence electrons. The monoisotopic (exact) mass is 447 g/mol. The molecule has 1 amide bonds. The van der Waals surface area contributed by atoms with E-state index in [1.165, 1.54) is 14.2 Å². The molecule has 2 aromatic carbocycles. The number of carbonyl (C=O) groups excluding carboxylic acids is 1. The maximum Gasteiger partial charge on any atom is 0.336 e. The first-order chi connectivity index (χ1) is 15.1. The Kier molecular flexibility index (Phi) is 7.56. The Hall–Kier alpha value is -4.35. The van der Waals surface area contributed by atoms with Crippen LogP contribution in [0.1, 0.15) is 15.9 Å². The third-order valence-corrected chi connectivity index (χ3v) is 4.63. The van der Waals surface area contributed by atoms with Gasteiger partial charge in [-0.05, 0) is 36.2 Å². The summed E-state index contributed by atoms with van der Waals surface area (Å²) in [6.45, 7) is -0.164. The molecule has 0 fully saturated rings. The van der Waals surface area contributed by atoms with Gasteiger partial charge in [0.05, 0.1) is 24.7 Å². The van der Waals surface area contributed by atoms with Crippen LogP contribution in [0.25, 0.3) is 0 Å². The molecule has 0 spiro atoms. The van der Waals surface area contributed by atoms with Crippen LogP contribution < -0.4 is 20.1 Å². The lowest BCUT2D eigenvalue weighted by Crippen LogP contribution is -2.51. The summed E-state index contributed by atoms with van der Waals surface area (Å²) >= 11 is 0. The molecular weight excluding hydrogens is 426 g/mol. The highest BCUT2D eigenvalue weighted by atomic mass is 16.6. The smallest absolute Gasteiger partial charge is 0.336 e. The number of carboxylic acids is 2. The van der Waals surface area contributed by atoms with Gasteiger partial charge in [-0.2, -0.15) is 0 Å². The van der Waals surface area contributed by atoms with Crippen LogP contribution in [0.3, 0.4) is 0 Å². The number of nitro benzene ring substituents is 1. The molecule has 0 aliphatic carbocycles. The zero-order chi connectivity index (χ0) is 24.0. The first kappa shape index (κ1) is 23.9. The van der Waals surface area contributed by atoms with Gasteiger partial charge >= 0.3 is 11.9 Å². The number of aromatic carboxylic acids is 1. The van der Waals surface area contributed by atoms with Gasteiger partial charge < -0.3 is 30.3 Å². The zero-order valence-corrected chi connectivity index (χ0v) is 17.2. The van der Waals surface area contributed by atoms with Crippen molar-refractivity contribution in [1.82, 2.24) is 0 Å². The van der Waals surface area contributed by atoms with Gasteiger partial charge in [0, 0.05) is 12.6 Å². The number of amides is 1. The van der Waals surface area contributed by atoms with E-state index in [4.69, 9.17) is 20.3 Å². The maximum absolute atomic E-state index is 11.9. The predicted molar refractivity (Wildman–Crippen MR) is 111 cm³/mol. The van der Waals surface area contributed by atoms with E-state index in [2.05, 4.69) is 0 Å². The summed E-state index contributed by atoms with van der Waals surface area (Å²) in [4.78, 5) is 46.6. The number of hydrogen-bond acceptors (Lipinski definition) is 8. The molecule has 0 aromatic heterocycles. The van der Waals surface area contributed by atoms with Gasteiger partial charge in [0.15, 0.2) is 11.5 Å². The Bertz CT molecular complexity index is 1040. The molecule has 0 saturated heterocycles. The summed E-state index contributed by atoms with van der Waals surface area (Å²) in [5.74, 6) is -3.37. The molecule has 1 atom stereocenters. The number of anilines is 1. The Labute approximate surface area is 181 Å². The Balaban J connectivity index is 2.53. The van der Waals surface area contributed by atoms with Crippen LogP contribution in [-0.2, 0) is 16.0 Å². The average Bonchev–Trinajstić information content (AvgIpc) is 2.75. The van der Waals surface area contributed by atoms with Crippen molar-refractivity contribution >= 4 is 29.2 Å². The highest BCUT2D eigenvalue weighted by Gasteiger charge is 2.35. The van der Waals surface area contributed by atoms with E-state index in [9.17, 15) is 29.6 Å². The predicted octanol–water partition coefficient (Wildman–Crippen LogP) is 1.30. The maximum atomic E-state index is 11.9.